The lowest BCUT2D eigenvalue weighted by Crippen LogP contribution is -2.30. The van der Waals surface area contributed by atoms with Crippen LogP contribution in [0.25, 0.3) is 0 Å². The zero-order chi connectivity index (χ0) is 9.80. The third-order valence-electron chi connectivity index (χ3n) is 2.83. The van der Waals surface area contributed by atoms with Crippen LogP contribution in [0.2, 0.25) is 0 Å². The Morgan fingerprint density at radius 1 is 1.43 bits per heavy atom. The van der Waals surface area contributed by atoms with E-state index < -0.39 is 0 Å². The molecule has 0 aliphatic heterocycles. The molecule has 0 heterocycles. The minimum Gasteiger partial charge on any atom is -0.383 e. The van der Waals surface area contributed by atoms with E-state index >= 15 is 0 Å². The van der Waals surface area contributed by atoms with Crippen LogP contribution in [0.5, 0.6) is 0 Å². The van der Waals surface area contributed by atoms with Gasteiger partial charge in [0.15, 0.2) is 0 Å². The number of rotatable bonds is 5. The average molecular weight is 191 g/mol. The highest BCUT2D eigenvalue weighted by molar-refractivity contribution is 5.40. The first kappa shape index (κ1) is 9.69. The highest BCUT2D eigenvalue weighted by Gasteiger charge is 2.24. The van der Waals surface area contributed by atoms with E-state index in [-0.39, 0.29) is 0 Å². The minimum atomic E-state index is 0.725. The Hall–Kier alpha value is -0.860. The van der Waals surface area contributed by atoms with Crippen molar-refractivity contribution in [2.75, 3.05) is 26.8 Å². The molecule has 1 aliphatic carbocycles. The molecule has 1 aliphatic rings. The molecule has 2 rings (SSSR count). The van der Waals surface area contributed by atoms with Crippen molar-refractivity contribution in [2.24, 2.45) is 0 Å². The van der Waals surface area contributed by atoms with E-state index in [0.717, 1.165) is 25.6 Å². The molecule has 0 saturated carbocycles. The van der Waals surface area contributed by atoms with Crippen molar-refractivity contribution in [3.63, 3.8) is 0 Å². The molecule has 1 N–H and O–H groups in total. The van der Waals surface area contributed by atoms with Gasteiger partial charge in [0.05, 0.1) is 6.61 Å². The van der Waals surface area contributed by atoms with Crippen molar-refractivity contribution in [1.82, 2.24) is 5.32 Å². The number of methoxy groups -OCH3 is 1. The third kappa shape index (κ3) is 1.97. The summed E-state index contributed by atoms with van der Waals surface area (Å²) in [6.07, 6.45) is 1.23. The molecule has 0 saturated heterocycles. The first-order valence-corrected chi connectivity index (χ1v) is 5.19. The topological polar surface area (TPSA) is 21.3 Å². The summed E-state index contributed by atoms with van der Waals surface area (Å²) in [5.41, 5.74) is 3.04. The molecule has 0 spiro atoms. The number of nitrogens with one attached hydrogen (secondary N) is 1. The second-order valence-corrected chi connectivity index (χ2v) is 3.80. The number of hydrogen-bond acceptors (Lipinski definition) is 2. The molecular formula is C12H17NO. The van der Waals surface area contributed by atoms with Crippen molar-refractivity contribution >= 4 is 0 Å². The number of benzene rings is 1. The molecule has 0 bridgehead atoms. The summed E-state index contributed by atoms with van der Waals surface area (Å²) in [7, 11) is 1.74. The minimum absolute atomic E-state index is 0.725. The van der Waals surface area contributed by atoms with E-state index in [2.05, 4.69) is 29.6 Å². The van der Waals surface area contributed by atoms with Crippen molar-refractivity contribution in [3.8, 4) is 0 Å². The van der Waals surface area contributed by atoms with Crippen LogP contribution in [0.4, 0.5) is 0 Å². The highest BCUT2D eigenvalue weighted by Crippen LogP contribution is 2.33. The maximum absolute atomic E-state index is 4.98. The molecule has 14 heavy (non-hydrogen) atoms. The van der Waals surface area contributed by atoms with Crippen LogP contribution in [-0.2, 0) is 11.2 Å². The summed E-state index contributed by atoms with van der Waals surface area (Å²) in [6, 6.07) is 8.70. The van der Waals surface area contributed by atoms with Crippen LogP contribution >= 0.6 is 0 Å². The second kappa shape index (κ2) is 4.58. The molecule has 2 heteroatoms. The Labute approximate surface area is 85.3 Å². The second-order valence-electron chi connectivity index (χ2n) is 3.80. The first-order chi connectivity index (χ1) is 6.92. The largest absolute Gasteiger partial charge is 0.383 e. The summed E-state index contributed by atoms with van der Waals surface area (Å²) in [5.74, 6) is 0.725. The van der Waals surface area contributed by atoms with Crippen LogP contribution < -0.4 is 5.32 Å². The molecule has 0 fully saturated rings. The Morgan fingerprint density at radius 3 is 3.07 bits per heavy atom. The Balaban J connectivity index is 1.76. The quantitative estimate of drug-likeness (QED) is 0.713. The molecule has 0 radical (unpaired) electrons. The molecule has 0 amide bonds. The molecule has 0 aromatic heterocycles. The molecule has 1 aromatic carbocycles. The Bertz CT molecular complexity index is 298. The van der Waals surface area contributed by atoms with Crippen LogP contribution in [0.15, 0.2) is 24.3 Å². The van der Waals surface area contributed by atoms with Crippen LogP contribution in [0.1, 0.15) is 17.0 Å². The van der Waals surface area contributed by atoms with Gasteiger partial charge in [-0.25, -0.2) is 0 Å². The average Bonchev–Trinajstić information content (AvgIpc) is 2.19. The van der Waals surface area contributed by atoms with Crippen LogP contribution in [-0.4, -0.2) is 26.8 Å². The molecule has 1 aromatic rings. The van der Waals surface area contributed by atoms with Gasteiger partial charge in [0, 0.05) is 26.1 Å². The third-order valence-corrected chi connectivity index (χ3v) is 2.83. The lowest BCUT2D eigenvalue weighted by Gasteiger charge is -2.30. The predicted octanol–water partition coefficient (Wildman–Crippen LogP) is 1.56. The Kier molecular flexibility index (Phi) is 3.17. The van der Waals surface area contributed by atoms with Crippen molar-refractivity contribution in [1.29, 1.82) is 0 Å². The Morgan fingerprint density at radius 2 is 2.29 bits per heavy atom. The van der Waals surface area contributed by atoms with Gasteiger partial charge < -0.3 is 10.1 Å². The lowest BCUT2D eigenvalue weighted by atomic mass is 9.78. The fourth-order valence-electron chi connectivity index (χ4n) is 2.00. The molecular weight excluding hydrogens is 174 g/mol. The highest BCUT2D eigenvalue weighted by atomic mass is 16.5. The summed E-state index contributed by atoms with van der Waals surface area (Å²) in [5, 5.41) is 3.40. The standard InChI is InChI=1S/C12H17NO/c1-14-7-6-13-9-11-8-10-4-2-3-5-12(10)11/h2-5,11,13H,6-9H2,1H3. The van der Waals surface area contributed by atoms with Gasteiger partial charge in [-0.2, -0.15) is 0 Å². The van der Waals surface area contributed by atoms with Gasteiger partial charge in [0.1, 0.15) is 0 Å². The molecule has 1 unspecified atom stereocenters. The molecule has 76 valence electrons. The zero-order valence-corrected chi connectivity index (χ0v) is 8.62. The molecule has 2 nitrogen and oxygen atoms in total. The van der Waals surface area contributed by atoms with E-state index in [1.54, 1.807) is 7.11 Å². The predicted molar refractivity (Wildman–Crippen MR) is 57.6 cm³/mol. The van der Waals surface area contributed by atoms with Crippen molar-refractivity contribution < 1.29 is 4.74 Å². The molecule has 1 atom stereocenters. The fraction of sp³-hybridized carbons (Fsp3) is 0.500. The number of ether oxygens (including phenoxy) is 1. The van der Waals surface area contributed by atoms with Gasteiger partial charge in [0.2, 0.25) is 0 Å². The maximum atomic E-state index is 4.98. The summed E-state index contributed by atoms with van der Waals surface area (Å²) in [4.78, 5) is 0. The zero-order valence-electron chi connectivity index (χ0n) is 8.62. The fourth-order valence-corrected chi connectivity index (χ4v) is 2.00. The SMILES string of the molecule is COCCNCC1Cc2ccccc21. The van der Waals surface area contributed by atoms with Gasteiger partial charge in [-0.15, -0.1) is 0 Å². The first-order valence-electron chi connectivity index (χ1n) is 5.19. The maximum Gasteiger partial charge on any atom is 0.0587 e. The van der Waals surface area contributed by atoms with Crippen molar-refractivity contribution in [3.05, 3.63) is 35.4 Å². The summed E-state index contributed by atoms with van der Waals surface area (Å²) in [6.45, 7) is 2.84. The van der Waals surface area contributed by atoms with E-state index in [4.69, 9.17) is 4.74 Å². The normalized spacial score (nSPS) is 18.8. The van der Waals surface area contributed by atoms with E-state index in [1.807, 2.05) is 0 Å². The van der Waals surface area contributed by atoms with Gasteiger partial charge in [0.25, 0.3) is 0 Å². The van der Waals surface area contributed by atoms with Crippen LogP contribution in [0, 0.1) is 0 Å². The van der Waals surface area contributed by atoms with Gasteiger partial charge in [-0.3, -0.25) is 0 Å². The van der Waals surface area contributed by atoms with Gasteiger partial charge in [-0.05, 0) is 17.5 Å². The van der Waals surface area contributed by atoms with E-state index in [0.29, 0.717) is 0 Å². The lowest BCUT2D eigenvalue weighted by molar-refractivity contribution is 0.198. The smallest absolute Gasteiger partial charge is 0.0587 e. The number of hydrogen-bond donors (Lipinski definition) is 1. The summed E-state index contributed by atoms with van der Waals surface area (Å²) >= 11 is 0. The summed E-state index contributed by atoms with van der Waals surface area (Å²) < 4.78 is 4.98. The van der Waals surface area contributed by atoms with E-state index in [9.17, 15) is 0 Å². The van der Waals surface area contributed by atoms with Crippen molar-refractivity contribution in [2.45, 2.75) is 12.3 Å². The van der Waals surface area contributed by atoms with E-state index in [1.165, 1.54) is 17.5 Å². The van der Waals surface area contributed by atoms with Gasteiger partial charge >= 0.3 is 0 Å². The van der Waals surface area contributed by atoms with Crippen LogP contribution in [0.3, 0.4) is 0 Å². The van der Waals surface area contributed by atoms with Gasteiger partial charge in [-0.1, -0.05) is 24.3 Å². The monoisotopic (exact) mass is 191 g/mol. The number of fused-ring (bicyclic) bond motifs is 1.